The molecule has 1 rings (SSSR count). The Morgan fingerprint density at radius 1 is 1.19 bits per heavy atom. The smallest absolute Gasteiger partial charge is 0.317 e. The van der Waals surface area contributed by atoms with Gasteiger partial charge in [-0.05, 0) is 19.3 Å². The summed E-state index contributed by atoms with van der Waals surface area (Å²) in [4.78, 5) is 10.5. The van der Waals surface area contributed by atoms with Gasteiger partial charge in [-0.15, -0.1) is 11.8 Å². The molecular formula is C13H25NO6S. The molecule has 0 aromatic carbocycles. The summed E-state index contributed by atoms with van der Waals surface area (Å²) in [5, 5.41) is 49.6. The second kappa shape index (κ2) is 8.30. The largest absolute Gasteiger partial charge is 0.480 e. The third-order valence-electron chi connectivity index (χ3n) is 3.82. The van der Waals surface area contributed by atoms with Crippen LogP contribution < -0.4 is 5.32 Å². The summed E-state index contributed by atoms with van der Waals surface area (Å²) in [5.41, 5.74) is 0. The van der Waals surface area contributed by atoms with Crippen LogP contribution in [-0.4, -0.2) is 79.5 Å². The van der Waals surface area contributed by atoms with Gasteiger partial charge in [-0.1, -0.05) is 6.92 Å². The van der Waals surface area contributed by atoms with Crippen molar-refractivity contribution in [2.24, 2.45) is 5.92 Å². The number of thioether (sulfide) groups is 1. The molecule has 7 atom stereocenters. The SMILES string of the molecule is CC(CC(C)[C@@H]1S[C@H](CO)[C@H](O)[C@H](O)[C@H]1O)NCC(=O)O. The van der Waals surface area contributed by atoms with Gasteiger partial charge in [-0.2, -0.15) is 0 Å². The van der Waals surface area contributed by atoms with E-state index in [1.54, 1.807) is 0 Å². The highest BCUT2D eigenvalue weighted by molar-refractivity contribution is 8.00. The summed E-state index contributed by atoms with van der Waals surface area (Å²) in [5.74, 6) is -0.946. The lowest BCUT2D eigenvalue weighted by Crippen LogP contribution is -2.55. The Balaban J connectivity index is 2.59. The third kappa shape index (κ3) is 5.08. The van der Waals surface area contributed by atoms with Gasteiger partial charge >= 0.3 is 5.97 Å². The van der Waals surface area contributed by atoms with Gasteiger partial charge in [0.05, 0.1) is 30.6 Å². The van der Waals surface area contributed by atoms with Gasteiger partial charge in [0, 0.05) is 11.3 Å². The van der Waals surface area contributed by atoms with E-state index in [1.807, 2.05) is 13.8 Å². The average Bonchev–Trinajstić information content (AvgIpc) is 2.42. The van der Waals surface area contributed by atoms with Crippen LogP contribution in [0.1, 0.15) is 20.3 Å². The van der Waals surface area contributed by atoms with Crippen LogP contribution in [0, 0.1) is 5.92 Å². The highest BCUT2D eigenvalue weighted by Crippen LogP contribution is 2.37. The zero-order chi connectivity index (χ0) is 16.2. The van der Waals surface area contributed by atoms with Crippen LogP contribution in [0.5, 0.6) is 0 Å². The van der Waals surface area contributed by atoms with Crippen molar-refractivity contribution in [3.63, 3.8) is 0 Å². The van der Waals surface area contributed by atoms with Gasteiger partial charge in [0.15, 0.2) is 0 Å². The van der Waals surface area contributed by atoms with E-state index in [-0.39, 0.29) is 30.4 Å². The Labute approximate surface area is 128 Å². The van der Waals surface area contributed by atoms with Gasteiger partial charge in [0.1, 0.15) is 6.10 Å². The van der Waals surface area contributed by atoms with Crippen molar-refractivity contribution in [1.82, 2.24) is 5.32 Å². The van der Waals surface area contributed by atoms with E-state index in [1.165, 1.54) is 11.8 Å². The minimum absolute atomic E-state index is 0.0162. The second-order valence-corrected chi connectivity index (χ2v) is 7.10. The molecule has 1 fully saturated rings. The molecule has 1 heterocycles. The van der Waals surface area contributed by atoms with E-state index < -0.39 is 29.5 Å². The topological polar surface area (TPSA) is 130 Å². The summed E-state index contributed by atoms with van der Waals surface area (Å²) in [7, 11) is 0. The van der Waals surface area contributed by atoms with Crippen LogP contribution in [-0.2, 0) is 4.79 Å². The number of aliphatic hydroxyl groups excluding tert-OH is 4. The molecule has 0 amide bonds. The molecule has 0 spiro atoms. The van der Waals surface area contributed by atoms with Gasteiger partial charge in [-0.25, -0.2) is 0 Å². The molecule has 0 aromatic rings. The summed E-state index contributed by atoms with van der Waals surface area (Å²) in [6, 6.07) is -0.0551. The minimum atomic E-state index is -1.28. The predicted octanol–water partition coefficient (Wildman–Crippen LogP) is -1.37. The van der Waals surface area contributed by atoms with E-state index in [9.17, 15) is 25.2 Å². The van der Waals surface area contributed by atoms with Crippen molar-refractivity contribution in [3.05, 3.63) is 0 Å². The molecular weight excluding hydrogens is 298 g/mol. The summed E-state index contributed by atoms with van der Waals surface area (Å²) in [6.45, 7) is 3.35. The summed E-state index contributed by atoms with van der Waals surface area (Å²) >= 11 is 1.27. The van der Waals surface area contributed by atoms with Gasteiger partial charge in [-0.3, -0.25) is 4.79 Å². The molecule has 2 unspecified atom stereocenters. The van der Waals surface area contributed by atoms with Crippen molar-refractivity contribution in [1.29, 1.82) is 0 Å². The molecule has 0 radical (unpaired) electrons. The molecule has 21 heavy (non-hydrogen) atoms. The fraction of sp³-hybridized carbons (Fsp3) is 0.923. The Morgan fingerprint density at radius 2 is 1.81 bits per heavy atom. The maximum absolute atomic E-state index is 10.5. The van der Waals surface area contributed by atoms with Crippen LogP contribution in [0.15, 0.2) is 0 Å². The molecule has 6 N–H and O–H groups in total. The first kappa shape index (κ1) is 18.7. The molecule has 8 heteroatoms. The molecule has 124 valence electrons. The highest BCUT2D eigenvalue weighted by atomic mass is 32.2. The van der Waals surface area contributed by atoms with Crippen LogP contribution in [0.25, 0.3) is 0 Å². The number of carbonyl (C=O) groups is 1. The first-order chi connectivity index (χ1) is 9.77. The molecule has 0 aromatic heterocycles. The number of aliphatic hydroxyl groups is 4. The normalized spacial score (nSPS) is 36.2. The molecule has 0 bridgehead atoms. The van der Waals surface area contributed by atoms with Crippen molar-refractivity contribution >= 4 is 17.7 Å². The van der Waals surface area contributed by atoms with E-state index in [0.29, 0.717) is 6.42 Å². The molecule has 1 saturated heterocycles. The fourth-order valence-electron chi connectivity index (χ4n) is 2.64. The number of aliphatic carboxylic acids is 1. The number of hydrogen-bond acceptors (Lipinski definition) is 7. The lowest BCUT2D eigenvalue weighted by molar-refractivity contribution is -0.136. The van der Waals surface area contributed by atoms with Crippen LogP contribution >= 0.6 is 11.8 Å². The predicted molar refractivity (Wildman–Crippen MR) is 79.2 cm³/mol. The van der Waals surface area contributed by atoms with Gasteiger partial charge in [0.2, 0.25) is 0 Å². The van der Waals surface area contributed by atoms with Crippen LogP contribution in [0.2, 0.25) is 0 Å². The number of rotatable bonds is 7. The lowest BCUT2D eigenvalue weighted by Gasteiger charge is -2.42. The van der Waals surface area contributed by atoms with E-state index in [4.69, 9.17) is 5.11 Å². The molecule has 1 aliphatic rings. The Hall–Kier alpha value is -0.380. The quantitative estimate of drug-likeness (QED) is 0.339. The first-order valence-corrected chi connectivity index (χ1v) is 7.97. The van der Waals surface area contributed by atoms with Crippen LogP contribution in [0.4, 0.5) is 0 Å². The number of carboxylic acids is 1. The molecule has 0 saturated carbocycles. The lowest BCUT2D eigenvalue weighted by atomic mass is 9.90. The summed E-state index contributed by atoms with van der Waals surface area (Å²) in [6.07, 6.45) is -2.89. The summed E-state index contributed by atoms with van der Waals surface area (Å²) < 4.78 is 0. The average molecular weight is 323 g/mol. The zero-order valence-corrected chi connectivity index (χ0v) is 13.0. The Morgan fingerprint density at radius 3 is 2.33 bits per heavy atom. The fourth-order valence-corrected chi connectivity index (χ4v) is 4.15. The van der Waals surface area contributed by atoms with E-state index >= 15 is 0 Å². The maximum Gasteiger partial charge on any atom is 0.317 e. The van der Waals surface area contributed by atoms with E-state index in [0.717, 1.165) is 0 Å². The number of carboxylic acid groups (broad SMARTS) is 1. The third-order valence-corrected chi connectivity index (χ3v) is 5.65. The zero-order valence-electron chi connectivity index (χ0n) is 12.2. The van der Waals surface area contributed by atoms with E-state index in [2.05, 4.69) is 5.32 Å². The van der Waals surface area contributed by atoms with Crippen molar-refractivity contribution < 1.29 is 30.3 Å². The number of nitrogens with one attached hydrogen (secondary N) is 1. The molecule has 0 aliphatic carbocycles. The van der Waals surface area contributed by atoms with Gasteiger partial charge < -0.3 is 30.8 Å². The van der Waals surface area contributed by atoms with Crippen molar-refractivity contribution in [3.8, 4) is 0 Å². The molecule has 1 aliphatic heterocycles. The standard InChI is InChI=1S/C13H25NO6S/c1-6(3-7(2)14-4-9(16)17)13-12(20)11(19)10(18)8(5-15)21-13/h6-8,10-15,18-20H,3-5H2,1-2H3,(H,16,17)/t6?,7?,8-,10+,11+,12-,13+/m1/s1. The molecule has 7 nitrogen and oxygen atoms in total. The number of hydrogen-bond donors (Lipinski definition) is 6. The Bertz CT molecular complexity index is 343. The minimum Gasteiger partial charge on any atom is -0.480 e. The maximum atomic E-state index is 10.5. The highest BCUT2D eigenvalue weighted by Gasteiger charge is 2.44. The first-order valence-electron chi connectivity index (χ1n) is 7.03. The van der Waals surface area contributed by atoms with Crippen LogP contribution in [0.3, 0.4) is 0 Å². The second-order valence-electron chi connectivity index (χ2n) is 5.68. The van der Waals surface area contributed by atoms with Crippen molar-refractivity contribution in [2.75, 3.05) is 13.2 Å². The van der Waals surface area contributed by atoms with Crippen molar-refractivity contribution in [2.45, 2.75) is 55.1 Å². The monoisotopic (exact) mass is 323 g/mol. The Kier molecular flexibility index (Phi) is 7.38. The van der Waals surface area contributed by atoms with Gasteiger partial charge in [0.25, 0.3) is 0 Å².